The van der Waals surface area contributed by atoms with Crippen LogP contribution in [0.5, 0.6) is 0 Å². The number of allylic oxidation sites excluding steroid dienone is 1. The number of carbonyl (C=O) groups excluding carboxylic acids is 1. The summed E-state index contributed by atoms with van der Waals surface area (Å²) in [5.74, 6) is 0.166. The smallest absolute Gasteiger partial charge is 0.179 e. The van der Waals surface area contributed by atoms with Gasteiger partial charge in [-0.1, -0.05) is 132 Å². The minimum absolute atomic E-state index is 0.0713. The molecule has 0 N–H and O–H groups in total. The first-order valence-corrected chi connectivity index (χ1v) is 13.5. The molecule has 1 nitrogen and oxygen atoms in total. The lowest BCUT2D eigenvalue weighted by molar-refractivity contribution is 0.0943. The second kappa shape index (κ2) is 16.3. The minimum Gasteiger partial charge on any atom is -0.293 e. The van der Waals surface area contributed by atoms with Crippen molar-refractivity contribution in [1.29, 1.82) is 0 Å². The molecule has 1 aromatic heterocycles. The van der Waals surface area contributed by atoms with E-state index in [9.17, 15) is 4.79 Å². The average molecular weight is 459 g/mol. The molecular weight excluding hydrogens is 420 g/mol. The van der Waals surface area contributed by atoms with Gasteiger partial charge in [0.15, 0.2) is 5.78 Å². The molecule has 31 heavy (non-hydrogen) atoms. The molecule has 2 aromatic rings. The topological polar surface area (TPSA) is 17.1 Å². The van der Waals surface area contributed by atoms with Gasteiger partial charge in [-0.25, -0.2) is 0 Å². The van der Waals surface area contributed by atoms with Gasteiger partial charge < -0.3 is 0 Å². The van der Waals surface area contributed by atoms with Gasteiger partial charge in [-0.15, -0.1) is 11.3 Å². The SMILES string of the molecule is CCCCCCCCCCCCCCC(/C=C/c1ccccc1Cl)C(=O)c1cccs1. The number of Topliss-reactive ketones (excluding diaryl/α,β-unsaturated/α-hetero) is 1. The fourth-order valence-corrected chi connectivity index (χ4v) is 4.88. The maximum absolute atomic E-state index is 13.0. The summed E-state index contributed by atoms with van der Waals surface area (Å²) in [4.78, 5) is 13.8. The van der Waals surface area contributed by atoms with E-state index >= 15 is 0 Å². The Bertz CT molecular complexity index is 750. The van der Waals surface area contributed by atoms with E-state index in [0.717, 1.165) is 28.3 Å². The predicted molar refractivity (Wildman–Crippen MR) is 138 cm³/mol. The molecule has 1 atom stereocenters. The van der Waals surface area contributed by atoms with Crippen molar-refractivity contribution in [2.24, 2.45) is 5.92 Å². The van der Waals surface area contributed by atoms with Crippen molar-refractivity contribution in [2.45, 2.75) is 90.4 Å². The van der Waals surface area contributed by atoms with Crippen LogP contribution in [0.1, 0.15) is 106 Å². The molecule has 0 aliphatic heterocycles. The van der Waals surface area contributed by atoms with Crippen molar-refractivity contribution in [1.82, 2.24) is 0 Å². The number of ketones is 1. The van der Waals surface area contributed by atoms with Crippen LogP contribution in [-0.2, 0) is 0 Å². The molecule has 0 bridgehead atoms. The molecule has 1 aromatic carbocycles. The Balaban J connectivity index is 1.70. The highest BCUT2D eigenvalue weighted by Gasteiger charge is 2.18. The second-order valence-corrected chi connectivity index (χ2v) is 9.86. The monoisotopic (exact) mass is 458 g/mol. The summed E-state index contributed by atoms with van der Waals surface area (Å²) in [7, 11) is 0. The number of hydrogen-bond acceptors (Lipinski definition) is 2. The summed E-state index contributed by atoms with van der Waals surface area (Å²) in [6.45, 7) is 2.27. The second-order valence-electron chi connectivity index (χ2n) is 8.51. The van der Waals surface area contributed by atoms with Crippen LogP contribution in [0.3, 0.4) is 0 Å². The Kier molecular flexibility index (Phi) is 13.6. The molecule has 0 aliphatic rings. The van der Waals surface area contributed by atoms with Gasteiger partial charge >= 0.3 is 0 Å². The van der Waals surface area contributed by atoms with E-state index in [1.165, 1.54) is 82.0 Å². The summed E-state index contributed by atoms with van der Waals surface area (Å²) < 4.78 is 0. The molecular formula is C28H39ClOS. The van der Waals surface area contributed by atoms with Crippen LogP contribution < -0.4 is 0 Å². The molecule has 1 unspecified atom stereocenters. The molecule has 0 saturated heterocycles. The predicted octanol–water partition coefficient (Wildman–Crippen LogP) is 10.0. The Morgan fingerprint density at radius 2 is 1.48 bits per heavy atom. The van der Waals surface area contributed by atoms with Crippen molar-refractivity contribution in [3.05, 3.63) is 63.3 Å². The van der Waals surface area contributed by atoms with Crippen molar-refractivity contribution >= 4 is 34.8 Å². The van der Waals surface area contributed by atoms with Gasteiger partial charge in [-0.3, -0.25) is 4.79 Å². The lowest BCUT2D eigenvalue weighted by Gasteiger charge is -2.11. The Morgan fingerprint density at radius 3 is 2.06 bits per heavy atom. The van der Waals surface area contributed by atoms with Gasteiger partial charge in [0, 0.05) is 10.9 Å². The van der Waals surface area contributed by atoms with E-state index in [1.54, 1.807) is 0 Å². The average Bonchev–Trinajstić information content (AvgIpc) is 3.32. The third-order valence-electron chi connectivity index (χ3n) is 5.88. The third kappa shape index (κ3) is 10.7. The van der Waals surface area contributed by atoms with Crippen molar-refractivity contribution in [3.63, 3.8) is 0 Å². The number of hydrogen-bond donors (Lipinski definition) is 0. The molecule has 0 fully saturated rings. The highest BCUT2D eigenvalue weighted by molar-refractivity contribution is 7.12. The molecule has 170 valence electrons. The molecule has 1 heterocycles. The first kappa shape index (κ1) is 25.9. The molecule has 0 amide bonds. The molecule has 0 radical (unpaired) electrons. The van der Waals surface area contributed by atoms with E-state index in [1.807, 2.05) is 47.9 Å². The van der Waals surface area contributed by atoms with Gasteiger partial charge in [0.2, 0.25) is 0 Å². The lowest BCUT2D eigenvalue weighted by atomic mass is 9.94. The first-order valence-electron chi connectivity index (χ1n) is 12.2. The molecule has 0 saturated carbocycles. The Hall–Kier alpha value is -1.38. The van der Waals surface area contributed by atoms with E-state index in [2.05, 4.69) is 13.0 Å². The van der Waals surface area contributed by atoms with E-state index in [4.69, 9.17) is 11.6 Å². The zero-order valence-electron chi connectivity index (χ0n) is 19.2. The Morgan fingerprint density at radius 1 is 0.871 bits per heavy atom. The maximum Gasteiger partial charge on any atom is 0.179 e. The fourth-order valence-electron chi connectivity index (χ4n) is 3.95. The van der Waals surface area contributed by atoms with Crippen LogP contribution in [0, 0.1) is 5.92 Å². The number of rotatable bonds is 17. The van der Waals surface area contributed by atoms with Crippen LogP contribution in [0.15, 0.2) is 47.9 Å². The van der Waals surface area contributed by atoms with Gasteiger partial charge in [0.25, 0.3) is 0 Å². The summed E-state index contributed by atoms with van der Waals surface area (Å²) >= 11 is 7.82. The van der Waals surface area contributed by atoms with E-state index < -0.39 is 0 Å². The van der Waals surface area contributed by atoms with Crippen molar-refractivity contribution in [3.8, 4) is 0 Å². The van der Waals surface area contributed by atoms with Crippen LogP contribution in [-0.4, -0.2) is 5.78 Å². The minimum atomic E-state index is -0.0713. The van der Waals surface area contributed by atoms with Gasteiger partial charge in [0.05, 0.1) is 4.88 Å². The van der Waals surface area contributed by atoms with Gasteiger partial charge in [-0.2, -0.15) is 0 Å². The van der Waals surface area contributed by atoms with Crippen LogP contribution in [0.4, 0.5) is 0 Å². The summed E-state index contributed by atoms with van der Waals surface area (Å²) in [5, 5.41) is 2.71. The van der Waals surface area contributed by atoms with Gasteiger partial charge in [-0.05, 0) is 29.5 Å². The van der Waals surface area contributed by atoms with Crippen LogP contribution in [0.25, 0.3) is 6.08 Å². The normalized spacial score (nSPS) is 12.5. The summed E-state index contributed by atoms with van der Waals surface area (Å²) in [6, 6.07) is 11.7. The molecule has 0 aliphatic carbocycles. The third-order valence-corrected chi connectivity index (χ3v) is 7.11. The van der Waals surface area contributed by atoms with E-state index in [0.29, 0.717) is 0 Å². The number of halogens is 1. The maximum atomic E-state index is 13.0. The van der Waals surface area contributed by atoms with Crippen LogP contribution in [0.2, 0.25) is 5.02 Å². The lowest BCUT2D eigenvalue weighted by Crippen LogP contribution is -2.11. The molecule has 2 rings (SSSR count). The Labute approximate surface area is 198 Å². The summed E-state index contributed by atoms with van der Waals surface area (Å²) in [6.07, 6.45) is 21.0. The highest BCUT2D eigenvalue weighted by Crippen LogP contribution is 2.24. The highest BCUT2D eigenvalue weighted by atomic mass is 35.5. The number of benzene rings is 1. The first-order chi connectivity index (χ1) is 15.2. The quantitative estimate of drug-likeness (QED) is 0.170. The van der Waals surface area contributed by atoms with Crippen LogP contribution >= 0.6 is 22.9 Å². The number of thiophene rings is 1. The summed E-state index contributed by atoms with van der Waals surface area (Å²) in [5.41, 5.74) is 0.975. The van der Waals surface area contributed by atoms with Crippen molar-refractivity contribution < 1.29 is 4.79 Å². The molecule has 3 heteroatoms. The zero-order chi connectivity index (χ0) is 22.2. The molecule has 0 spiro atoms. The van der Waals surface area contributed by atoms with Crippen molar-refractivity contribution in [2.75, 3.05) is 0 Å². The number of unbranched alkanes of at least 4 members (excludes halogenated alkanes) is 11. The fraction of sp³-hybridized carbons (Fsp3) is 0.536. The zero-order valence-corrected chi connectivity index (χ0v) is 20.7. The van der Waals surface area contributed by atoms with Gasteiger partial charge in [0.1, 0.15) is 0 Å². The standard InChI is InChI=1S/C28H39ClOS/c1-2-3-4-5-6-7-8-9-10-11-12-13-18-25(28(30)27-20-16-23-31-27)22-21-24-17-14-15-19-26(24)29/h14-17,19-23,25H,2-13,18H2,1H3/b22-21+. The largest absolute Gasteiger partial charge is 0.293 e. The number of carbonyl (C=O) groups is 1. The van der Waals surface area contributed by atoms with E-state index in [-0.39, 0.29) is 11.7 Å².